The molecule has 0 fully saturated rings. The van der Waals surface area contributed by atoms with Gasteiger partial charge >= 0.3 is 0 Å². The third-order valence-corrected chi connectivity index (χ3v) is 6.14. The first-order valence-electron chi connectivity index (χ1n) is 13.4. The van der Waals surface area contributed by atoms with Gasteiger partial charge in [0.1, 0.15) is 19.0 Å². The van der Waals surface area contributed by atoms with Gasteiger partial charge in [-0.05, 0) is 63.8 Å². The molecule has 0 aliphatic carbocycles. The molecule has 3 aromatic rings. The number of unbranched alkanes of at least 4 members (excludes halogenated alkanes) is 3. The van der Waals surface area contributed by atoms with Crippen molar-refractivity contribution in [3.63, 3.8) is 0 Å². The van der Waals surface area contributed by atoms with Gasteiger partial charge in [0.05, 0.1) is 12.1 Å². The maximum Gasteiger partial charge on any atom is 0.294 e. The van der Waals surface area contributed by atoms with Gasteiger partial charge < -0.3 is 19.2 Å². The molecule has 5 nitrogen and oxygen atoms in total. The summed E-state index contributed by atoms with van der Waals surface area (Å²) >= 11 is 0. The topological polar surface area (TPSA) is 60.5 Å². The first-order valence-corrected chi connectivity index (χ1v) is 13.4. The maximum absolute atomic E-state index is 13.1. The summed E-state index contributed by atoms with van der Waals surface area (Å²) < 4.78 is 18.1. The number of ether oxygens (including phenoxy) is 3. The predicted molar refractivity (Wildman–Crippen MR) is 153 cm³/mol. The Labute approximate surface area is 221 Å². The van der Waals surface area contributed by atoms with Gasteiger partial charge in [0.15, 0.2) is 5.75 Å². The Bertz CT molecular complexity index is 1240. The fraction of sp³-hybridized carbons (Fsp3) is 0.406. The number of pyridine rings is 1. The summed E-state index contributed by atoms with van der Waals surface area (Å²) in [4.78, 5) is 16.0. The Kier molecular flexibility index (Phi) is 11.3. The van der Waals surface area contributed by atoms with Crippen LogP contribution in [0.2, 0.25) is 0 Å². The van der Waals surface area contributed by atoms with Crippen LogP contribution < -0.4 is 19.8 Å². The average Bonchev–Trinajstić information content (AvgIpc) is 2.88. The molecule has 1 N–H and O–H groups in total. The smallest absolute Gasteiger partial charge is 0.294 e. The van der Waals surface area contributed by atoms with Crippen molar-refractivity contribution in [3.8, 4) is 17.2 Å². The summed E-state index contributed by atoms with van der Waals surface area (Å²) in [6, 6.07) is 15.7. The van der Waals surface area contributed by atoms with E-state index in [0.717, 1.165) is 43.1 Å². The lowest BCUT2D eigenvalue weighted by Gasteiger charge is -2.15. The van der Waals surface area contributed by atoms with E-state index < -0.39 is 0 Å². The van der Waals surface area contributed by atoms with E-state index in [1.165, 1.54) is 17.6 Å². The summed E-state index contributed by atoms with van der Waals surface area (Å²) in [7, 11) is 0. The van der Waals surface area contributed by atoms with Crippen molar-refractivity contribution in [2.75, 3.05) is 13.2 Å². The van der Waals surface area contributed by atoms with Gasteiger partial charge in [0.2, 0.25) is 5.75 Å². The zero-order chi connectivity index (χ0) is 26.5. The van der Waals surface area contributed by atoms with Crippen molar-refractivity contribution in [2.24, 2.45) is 0 Å². The molecule has 0 spiro atoms. The first kappa shape index (κ1) is 28.1. The second-order valence-electron chi connectivity index (χ2n) is 9.68. The second-order valence-corrected chi connectivity index (χ2v) is 9.68. The van der Waals surface area contributed by atoms with E-state index in [1.807, 2.05) is 54.6 Å². The Morgan fingerprint density at radius 2 is 1.70 bits per heavy atom. The quantitative estimate of drug-likeness (QED) is 0.168. The van der Waals surface area contributed by atoms with Crippen molar-refractivity contribution in [1.82, 2.24) is 4.98 Å². The molecule has 0 aliphatic rings. The summed E-state index contributed by atoms with van der Waals surface area (Å²) in [5.74, 6) is 1.42. The van der Waals surface area contributed by atoms with Gasteiger partial charge in [0, 0.05) is 11.5 Å². The highest BCUT2D eigenvalue weighted by molar-refractivity contribution is 5.88. The number of aromatic nitrogens is 1. The molecule has 0 atom stereocenters. The Morgan fingerprint density at radius 3 is 2.46 bits per heavy atom. The van der Waals surface area contributed by atoms with Crippen molar-refractivity contribution < 1.29 is 14.2 Å². The third kappa shape index (κ3) is 9.16. The number of fused-ring (bicyclic) bond motifs is 1. The largest absolute Gasteiger partial charge is 0.489 e. The van der Waals surface area contributed by atoms with Crippen LogP contribution in [0.25, 0.3) is 10.9 Å². The van der Waals surface area contributed by atoms with Crippen LogP contribution in [0.4, 0.5) is 0 Å². The molecule has 37 heavy (non-hydrogen) atoms. The molecule has 0 amide bonds. The fourth-order valence-electron chi connectivity index (χ4n) is 4.00. The minimum atomic E-state index is -0.299. The number of rotatable bonds is 15. The first-order chi connectivity index (χ1) is 18.0. The number of allylic oxidation sites excluding steroid dienone is 3. The molecule has 1 aromatic heterocycles. The number of nitrogens with one attached hydrogen (secondary N) is 1. The second kappa shape index (κ2) is 14.9. The van der Waals surface area contributed by atoms with Crippen molar-refractivity contribution >= 4 is 10.9 Å². The maximum atomic E-state index is 13.1. The normalized spacial score (nSPS) is 11.4. The number of aromatic amines is 1. The standard InChI is InChI=1S/C32H41NO4/c1-5-6-7-11-20-35-30-28-18-17-27(37-23-26-15-9-8-10-16-26)22-29(28)33-32(34)31(30)36-21-19-25(4)14-12-13-24(2)3/h8-10,13,15-19,22H,5-7,11-12,14,20-21,23H2,1-4H3,(H,33,34)/b25-19+. The summed E-state index contributed by atoms with van der Waals surface area (Å²) in [6.45, 7) is 9.81. The van der Waals surface area contributed by atoms with E-state index >= 15 is 0 Å². The van der Waals surface area contributed by atoms with Crippen molar-refractivity contribution in [2.45, 2.75) is 72.8 Å². The lowest BCUT2D eigenvalue weighted by atomic mass is 10.1. The van der Waals surface area contributed by atoms with Crippen LogP contribution in [0.3, 0.4) is 0 Å². The van der Waals surface area contributed by atoms with E-state index in [-0.39, 0.29) is 11.3 Å². The molecule has 5 heteroatoms. The van der Waals surface area contributed by atoms with Crippen LogP contribution in [0, 0.1) is 0 Å². The van der Waals surface area contributed by atoms with Gasteiger partial charge in [-0.2, -0.15) is 0 Å². The highest BCUT2D eigenvalue weighted by Gasteiger charge is 2.16. The third-order valence-electron chi connectivity index (χ3n) is 6.14. The van der Waals surface area contributed by atoms with Gasteiger partial charge in [-0.1, -0.05) is 73.7 Å². The number of hydrogen-bond donors (Lipinski definition) is 1. The molecule has 0 saturated heterocycles. The van der Waals surface area contributed by atoms with Gasteiger partial charge in [0.25, 0.3) is 5.56 Å². The van der Waals surface area contributed by atoms with Gasteiger partial charge in [-0.25, -0.2) is 0 Å². The molecule has 0 saturated carbocycles. The van der Waals surface area contributed by atoms with Crippen LogP contribution >= 0.6 is 0 Å². The van der Waals surface area contributed by atoms with Crippen LogP contribution in [0.15, 0.2) is 76.6 Å². The van der Waals surface area contributed by atoms with Crippen LogP contribution in [-0.4, -0.2) is 18.2 Å². The SMILES string of the molecule is CCCCCCOc1c(OC/C=C(\C)CCC=C(C)C)c(=O)[nH]c2cc(OCc3ccccc3)ccc12. The molecule has 0 aliphatic heterocycles. The lowest BCUT2D eigenvalue weighted by Crippen LogP contribution is -2.14. The van der Waals surface area contributed by atoms with Crippen LogP contribution in [0.5, 0.6) is 17.2 Å². The molecule has 2 aromatic carbocycles. The zero-order valence-electron chi connectivity index (χ0n) is 22.8. The molecule has 198 valence electrons. The van der Waals surface area contributed by atoms with Crippen LogP contribution in [0.1, 0.15) is 71.8 Å². The molecule has 1 heterocycles. The number of benzene rings is 2. The monoisotopic (exact) mass is 503 g/mol. The lowest BCUT2D eigenvalue weighted by molar-refractivity contribution is 0.277. The van der Waals surface area contributed by atoms with Crippen molar-refractivity contribution in [3.05, 3.63) is 87.7 Å². The zero-order valence-corrected chi connectivity index (χ0v) is 22.8. The molecule has 0 bridgehead atoms. The number of hydrogen-bond acceptors (Lipinski definition) is 4. The molecule has 3 rings (SSSR count). The summed E-state index contributed by atoms with van der Waals surface area (Å²) in [6.07, 6.45) is 10.6. The molecule has 0 radical (unpaired) electrons. The molecule has 0 unspecified atom stereocenters. The highest BCUT2D eigenvalue weighted by Crippen LogP contribution is 2.34. The Morgan fingerprint density at radius 1 is 0.892 bits per heavy atom. The fourth-order valence-corrected chi connectivity index (χ4v) is 4.00. The van der Waals surface area contributed by atoms with E-state index in [2.05, 4.69) is 38.8 Å². The Balaban J connectivity index is 1.79. The van der Waals surface area contributed by atoms with E-state index in [9.17, 15) is 4.79 Å². The van der Waals surface area contributed by atoms with Crippen molar-refractivity contribution in [1.29, 1.82) is 0 Å². The van der Waals surface area contributed by atoms with E-state index in [1.54, 1.807) is 0 Å². The Hall–Kier alpha value is -3.47. The van der Waals surface area contributed by atoms with Gasteiger partial charge in [-0.15, -0.1) is 0 Å². The highest BCUT2D eigenvalue weighted by atomic mass is 16.5. The predicted octanol–water partition coefficient (Wildman–Crippen LogP) is 8.14. The molecular weight excluding hydrogens is 462 g/mol. The number of H-pyrrole nitrogens is 1. The summed E-state index contributed by atoms with van der Waals surface area (Å²) in [5, 5.41) is 0.807. The van der Waals surface area contributed by atoms with E-state index in [4.69, 9.17) is 14.2 Å². The van der Waals surface area contributed by atoms with Crippen LogP contribution in [-0.2, 0) is 6.61 Å². The minimum absolute atomic E-state index is 0.231. The molecular formula is C32H41NO4. The summed E-state index contributed by atoms with van der Waals surface area (Å²) in [5.41, 5.74) is 4.00. The van der Waals surface area contributed by atoms with Gasteiger partial charge in [-0.3, -0.25) is 4.79 Å². The minimum Gasteiger partial charge on any atom is -0.489 e. The average molecular weight is 504 g/mol. The van der Waals surface area contributed by atoms with E-state index in [0.29, 0.717) is 36.8 Å².